The van der Waals surface area contributed by atoms with Gasteiger partial charge in [0.1, 0.15) is 23.5 Å². The summed E-state index contributed by atoms with van der Waals surface area (Å²) in [6, 6.07) is 3.51. The number of benzene rings is 1. The van der Waals surface area contributed by atoms with E-state index in [1.54, 1.807) is 13.0 Å². The van der Waals surface area contributed by atoms with Crippen LogP contribution in [-0.4, -0.2) is 94.6 Å². The molecule has 0 radical (unpaired) electrons. The van der Waals surface area contributed by atoms with Crippen LogP contribution < -0.4 is 5.32 Å². The molecule has 1 aromatic carbocycles. The van der Waals surface area contributed by atoms with Crippen molar-refractivity contribution in [1.29, 1.82) is 0 Å². The first-order valence-electron chi connectivity index (χ1n) is 13.9. The molecule has 226 valence electrons. The monoisotopic (exact) mass is 577 g/mol. The van der Waals surface area contributed by atoms with E-state index in [1.807, 2.05) is 0 Å². The number of likely N-dealkylation sites (tertiary alicyclic amines) is 2. The number of hydrogen-bond donors (Lipinski definition) is 2. The minimum atomic E-state index is -1.53. The minimum absolute atomic E-state index is 0.0527. The zero-order chi connectivity index (χ0) is 30.5. The van der Waals surface area contributed by atoms with Gasteiger partial charge in [0, 0.05) is 26.4 Å². The number of amides is 3. The second-order valence-corrected chi connectivity index (χ2v) is 10.9. The van der Waals surface area contributed by atoms with E-state index in [0.717, 1.165) is 7.11 Å². The van der Waals surface area contributed by atoms with Gasteiger partial charge in [-0.2, -0.15) is 0 Å². The van der Waals surface area contributed by atoms with Gasteiger partial charge in [-0.25, -0.2) is 9.18 Å². The van der Waals surface area contributed by atoms with Gasteiger partial charge >= 0.3 is 11.9 Å². The maximum Gasteiger partial charge on any atom is 0.332 e. The summed E-state index contributed by atoms with van der Waals surface area (Å²) in [5.41, 5.74) is -1.06. The van der Waals surface area contributed by atoms with Gasteiger partial charge in [0.2, 0.25) is 17.7 Å². The SMILES string of the molecule is COC(=O)[C@@H](NC(=O)C1(Cc2cccc(F)c2)CCCN1C(=O)[C@@H]1CCCN1C(=O)[C@@H](C)[C@@H](C)O)[C@@H](C)OC(C)=O. The van der Waals surface area contributed by atoms with E-state index in [-0.39, 0.29) is 25.3 Å². The van der Waals surface area contributed by atoms with Crippen molar-refractivity contribution >= 4 is 29.7 Å². The number of halogens is 1. The second-order valence-electron chi connectivity index (χ2n) is 10.9. The molecule has 12 heteroatoms. The topological polar surface area (TPSA) is 143 Å². The van der Waals surface area contributed by atoms with Gasteiger partial charge in [-0.1, -0.05) is 19.1 Å². The smallest absolute Gasteiger partial charge is 0.332 e. The van der Waals surface area contributed by atoms with E-state index < -0.39 is 65.3 Å². The Bertz CT molecular complexity index is 1160. The third-order valence-corrected chi connectivity index (χ3v) is 8.06. The number of nitrogens with zero attached hydrogens (tertiary/aromatic N) is 2. The van der Waals surface area contributed by atoms with Crippen LogP contribution in [0.25, 0.3) is 0 Å². The van der Waals surface area contributed by atoms with Crippen LogP contribution in [0.15, 0.2) is 24.3 Å². The third kappa shape index (κ3) is 7.03. The molecule has 0 aliphatic carbocycles. The Labute approximate surface area is 239 Å². The van der Waals surface area contributed by atoms with Crippen LogP contribution in [0.2, 0.25) is 0 Å². The number of carbonyl (C=O) groups excluding carboxylic acids is 5. The number of ether oxygens (including phenoxy) is 2. The number of hydrogen-bond acceptors (Lipinski definition) is 8. The van der Waals surface area contributed by atoms with Crippen LogP contribution in [0.4, 0.5) is 4.39 Å². The first-order valence-corrected chi connectivity index (χ1v) is 13.9. The van der Waals surface area contributed by atoms with E-state index in [4.69, 9.17) is 9.47 Å². The maximum absolute atomic E-state index is 14.2. The first-order chi connectivity index (χ1) is 19.3. The Morgan fingerprint density at radius 3 is 2.46 bits per heavy atom. The van der Waals surface area contributed by atoms with Crippen molar-refractivity contribution in [2.24, 2.45) is 5.92 Å². The molecular formula is C29H40FN3O8. The highest BCUT2D eigenvalue weighted by atomic mass is 19.1. The Hall–Kier alpha value is -3.54. The largest absolute Gasteiger partial charge is 0.467 e. The summed E-state index contributed by atoms with van der Waals surface area (Å²) in [7, 11) is 1.13. The number of rotatable bonds is 10. The van der Waals surface area contributed by atoms with Crippen molar-refractivity contribution in [2.45, 2.75) is 89.6 Å². The zero-order valence-corrected chi connectivity index (χ0v) is 24.2. The highest BCUT2D eigenvalue weighted by Gasteiger charge is 2.53. The summed E-state index contributed by atoms with van der Waals surface area (Å²) >= 11 is 0. The molecule has 0 aromatic heterocycles. The summed E-state index contributed by atoms with van der Waals surface area (Å²) in [6.45, 7) is 6.26. The van der Waals surface area contributed by atoms with Crippen molar-refractivity contribution in [3.05, 3.63) is 35.6 Å². The minimum Gasteiger partial charge on any atom is -0.467 e. The lowest BCUT2D eigenvalue weighted by atomic mass is 9.86. The fourth-order valence-electron chi connectivity index (χ4n) is 5.72. The number of methoxy groups -OCH3 is 1. The zero-order valence-electron chi connectivity index (χ0n) is 24.2. The number of esters is 2. The highest BCUT2D eigenvalue weighted by Crippen LogP contribution is 2.36. The molecule has 3 rings (SSSR count). The van der Waals surface area contributed by atoms with Crippen LogP contribution in [0, 0.1) is 11.7 Å². The van der Waals surface area contributed by atoms with Crippen LogP contribution in [0.3, 0.4) is 0 Å². The standard InChI is InChI=1S/C29H40FN3O8/c1-17(18(2)34)25(36)32-13-7-11-23(32)26(37)33-14-8-12-29(33,16-21-9-6-10-22(30)15-21)28(39)31-24(27(38)40-5)19(3)41-20(4)35/h6,9-10,15,17-19,23-24,34H,7-8,11-14,16H2,1-5H3,(H,31,39)/t17-,18+,19+,23-,24-,29?/m0/s1. The number of nitrogens with one attached hydrogen (secondary N) is 1. The fraction of sp³-hybridized carbons (Fsp3) is 0.621. The van der Waals surface area contributed by atoms with Gasteiger partial charge < -0.3 is 29.7 Å². The Balaban J connectivity index is 2.01. The lowest BCUT2D eigenvalue weighted by Gasteiger charge is -2.41. The van der Waals surface area contributed by atoms with Gasteiger partial charge in [0.25, 0.3) is 0 Å². The Morgan fingerprint density at radius 1 is 1.15 bits per heavy atom. The number of aliphatic hydroxyl groups is 1. The molecule has 2 aliphatic heterocycles. The quantitative estimate of drug-likeness (QED) is 0.397. The molecule has 6 atom stereocenters. The molecule has 2 aliphatic rings. The Morgan fingerprint density at radius 2 is 1.85 bits per heavy atom. The van der Waals surface area contributed by atoms with Gasteiger partial charge in [-0.3, -0.25) is 19.2 Å². The highest BCUT2D eigenvalue weighted by molar-refractivity contribution is 5.97. The first kappa shape index (κ1) is 32.0. The molecule has 0 saturated carbocycles. The van der Waals surface area contributed by atoms with E-state index in [1.165, 1.54) is 48.8 Å². The molecule has 1 aromatic rings. The molecule has 2 fully saturated rings. The van der Waals surface area contributed by atoms with Crippen LogP contribution >= 0.6 is 0 Å². The van der Waals surface area contributed by atoms with E-state index >= 15 is 0 Å². The van der Waals surface area contributed by atoms with Crippen molar-refractivity contribution in [3.63, 3.8) is 0 Å². The number of aliphatic hydroxyl groups excluding tert-OH is 1. The summed E-state index contributed by atoms with van der Waals surface area (Å²) < 4.78 is 24.2. The normalized spacial score (nSPS) is 23.3. The van der Waals surface area contributed by atoms with Crippen molar-refractivity contribution < 1.29 is 42.9 Å². The van der Waals surface area contributed by atoms with Crippen molar-refractivity contribution in [3.8, 4) is 0 Å². The molecule has 1 unspecified atom stereocenters. The summed E-state index contributed by atoms with van der Waals surface area (Å²) in [4.78, 5) is 68.6. The molecule has 2 saturated heterocycles. The predicted molar refractivity (Wildman–Crippen MR) is 145 cm³/mol. The fourth-order valence-corrected chi connectivity index (χ4v) is 5.72. The summed E-state index contributed by atoms with van der Waals surface area (Å²) in [5.74, 6) is -4.20. The molecule has 41 heavy (non-hydrogen) atoms. The molecule has 11 nitrogen and oxygen atoms in total. The van der Waals surface area contributed by atoms with Gasteiger partial charge in [0.05, 0.1) is 19.1 Å². The lowest BCUT2D eigenvalue weighted by Crippen LogP contribution is -2.64. The molecule has 3 amide bonds. The van der Waals surface area contributed by atoms with Crippen LogP contribution in [0.1, 0.15) is 58.9 Å². The molecule has 2 heterocycles. The molecule has 2 N–H and O–H groups in total. The van der Waals surface area contributed by atoms with Gasteiger partial charge in [-0.05, 0) is 57.2 Å². The molecule has 0 spiro atoms. The predicted octanol–water partition coefficient (Wildman–Crippen LogP) is 1.35. The molecule has 0 bridgehead atoms. The maximum atomic E-state index is 14.2. The van der Waals surface area contributed by atoms with E-state index in [0.29, 0.717) is 31.4 Å². The lowest BCUT2D eigenvalue weighted by molar-refractivity contribution is -0.159. The average Bonchev–Trinajstić information content (AvgIpc) is 3.58. The van der Waals surface area contributed by atoms with Crippen LogP contribution in [-0.2, 0) is 39.9 Å². The second kappa shape index (κ2) is 13.4. The summed E-state index contributed by atoms with van der Waals surface area (Å²) in [5, 5.41) is 12.6. The summed E-state index contributed by atoms with van der Waals surface area (Å²) in [6.07, 6.45) is -0.412. The Kier molecular flexibility index (Phi) is 10.5. The molecular weight excluding hydrogens is 537 g/mol. The van der Waals surface area contributed by atoms with Crippen molar-refractivity contribution in [1.82, 2.24) is 15.1 Å². The van der Waals surface area contributed by atoms with Gasteiger partial charge in [0.15, 0.2) is 6.04 Å². The third-order valence-electron chi connectivity index (χ3n) is 8.06. The van der Waals surface area contributed by atoms with E-state index in [9.17, 15) is 33.5 Å². The van der Waals surface area contributed by atoms with Crippen LogP contribution in [0.5, 0.6) is 0 Å². The van der Waals surface area contributed by atoms with Crippen molar-refractivity contribution in [2.75, 3.05) is 20.2 Å². The number of carbonyl (C=O) groups is 5. The van der Waals surface area contributed by atoms with Gasteiger partial charge in [-0.15, -0.1) is 0 Å². The van der Waals surface area contributed by atoms with E-state index in [2.05, 4.69) is 5.32 Å². The average molecular weight is 578 g/mol.